The molecule has 4 rings (SSSR count). The molecule has 0 radical (unpaired) electrons. The third-order valence-corrected chi connectivity index (χ3v) is 4.18. The summed E-state index contributed by atoms with van der Waals surface area (Å²) in [6.45, 7) is 1.77. The Kier molecular flexibility index (Phi) is 3.42. The van der Waals surface area contributed by atoms with Crippen LogP contribution in [0.25, 0.3) is 11.1 Å². The van der Waals surface area contributed by atoms with Crippen molar-refractivity contribution in [3.63, 3.8) is 0 Å². The van der Waals surface area contributed by atoms with Crippen LogP contribution in [0.1, 0.15) is 24.7 Å². The molecule has 112 valence electrons. The molecule has 2 aromatic heterocycles. The zero-order valence-corrected chi connectivity index (χ0v) is 12.7. The number of nitrogens with zero attached hydrogens (tertiary/aromatic N) is 4. The van der Waals surface area contributed by atoms with E-state index in [1.807, 2.05) is 24.3 Å². The summed E-state index contributed by atoms with van der Waals surface area (Å²) in [6.07, 6.45) is 5.43. The first kappa shape index (κ1) is 13.5. The molecule has 3 heterocycles. The van der Waals surface area contributed by atoms with Gasteiger partial charge in [-0.15, -0.1) is 0 Å². The van der Waals surface area contributed by atoms with Crippen LogP contribution in [-0.2, 0) is 0 Å². The Morgan fingerprint density at radius 3 is 2.95 bits per heavy atom. The van der Waals surface area contributed by atoms with Gasteiger partial charge in [-0.1, -0.05) is 23.7 Å². The Labute approximate surface area is 133 Å². The van der Waals surface area contributed by atoms with E-state index in [-0.39, 0.29) is 5.92 Å². The Hall–Kier alpha value is -2.14. The van der Waals surface area contributed by atoms with Gasteiger partial charge in [-0.3, -0.25) is 4.98 Å². The molecule has 22 heavy (non-hydrogen) atoms. The molecule has 0 bridgehead atoms. The molecule has 1 aliphatic rings. The summed E-state index contributed by atoms with van der Waals surface area (Å²) >= 11 is 5.94. The SMILES string of the molecule is Clc1cncc(N2CCC[C@H](c3nc4ccccc4o3)C2)n1. The second-order valence-corrected chi connectivity index (χ2v) is 5.89. The zero-order valence-electron chi connectivity index (χ0n) is 11.9. The number of piperidine rings is 1. The van der Waals surface area contributed by atoms with Gasteiger partial charge < -0.3 is 9.32 Å². The van der Waals surface area contributed by atoms with Crippen LogP contribution >= 0.6 is 11.6 Å². The second kappa shape index (κ2) is 5.57. The van der Waals surface area contributed by atoms with Crippen molar-refractivity contribution in [2.45, 2.75) is 18.8 Å². The van der Waals surface area contributed by atoms with Crippen LogP contribution in [0.4, 0.5) is 5.82 Å². The molecule has 3 aromatic rings. The Balaban J connectivity index is 1.60. The zero-order chi connectivity index (χ0) is 14.9. The molecule has 1 aromatic carbocycles. The lowest BCUT2D eigenvalue weighted by Gasteiger charge is -2.31. The lowest BCUT2D eigenvalue weighted by molar-refractivity contribution is 0.412. The van der Waals surface area contributed by atoms with Gasteiger partial charge in [-0.25, -0.2) is 9.97 Å². The third-order valence-electron chi connectivity index (χ3n) is 4.00. The topological polar surface area (TPSA) is 55.1 Å². The highest BCUT2D eigenvalue weighted by Crippen LogP contribution is 2.30. The number of hydrogen-bond donors (Lipinski definition) is 0. The molecule has 0 N–H and O–H groups in total. The van der Waals surface area contributed by atoms with Gasteiger partial charge in [0.05, 0.1) is 18.3 Å². The minimum absolute atomic E-state index is 0.266. The van der Waals surface area contributed by atoms with E-state index < -0.39 is 0 Å². The van der Waals surface area contributed by atoms with Crippen LogP contribution in [0.2, 0.25) is 5.15 Å². The Morgan fingerprint density at radius 2 is 2.09 bits per heavy atom. The second-order valence-electron chi connectivity index (χ2n) is 5.50. The van der Waals surface area contributed by atoms with Crippen LogP contribution in [-0.4, -0.2) is 28.0 Å². The Morgan fingerprint density at radius 1 is 1.18 bits per heavy atom. The molecule has 0 spiro atoms. The van der Waals surface area contributed by atoms with E-state index in [9.17, 15) is 0 Å². The normalized spacial score (nSPS) is 18.8. The van der Waals surface area contributed by atoms with Gasteiger partial charge in [-0.05, 0) is 25.0 Å². The fourth-order valence-electron chi connectivity index (χ4n) is 2.94. The van der Waals surface area contributed by atoms with E-state index in [0.717, 1.165) is 48.7 Å². The summed E-state index contributed by atoms with van der Waals surface area (Å²) in [5, 5.41) is 0.418. The molecule has 6 heteroatoms. The number of benzene rings is 1. The number of halogens is 1. The van der Waals surface area contributed by atoms with E-state index in [1.165, 1.54) is 0 Å². The van der Waals surface area contributed by atoms with Gasteiger partial charge in [0.2, 0.25) is 0 Å². The van der Waals surface area contributed by atoms with E-state index in [2.05, 4.69) is 19.9 Å². The Bertz CT molecular complexity index is 770. The molecule has 1 fully saturated rings. The van der Waals surface area contributed by atoms with Crippen molar-refractivity contribution in [3.05, 3.63) is 47.7 Å². The maximum absolute atomic E-state index is 5.94. The predicted molar refractivity (Wildman–Crippen MR) is 85.2 cm³/mol. The largest absolute Gasteiger partial charge is 0.440 e. The maximum Gasteiger partial charge on any atom is 0.200 e. The van der Waals surface area contributed by atoms with Crippen LogP contribution in [0.3, 0.4) is 0 Å². The first-order valence-electron chi connectivity index (χ1n) is 7.37. The number of para-hydroxylation sites is 2. The van der Waals surface area contributed by atoms with Crippen molar-refractivity contribution < 1.29 is 4.42 Å². The monoisotopic (exact) mass is 314 g/mol. The van der Waals surface area contributed by atoms with E-state index in [4.69, 9.17) is 16.0 Å². The van der Waals surface area contributed by atoms with Crippen LogP contribution in [0.15, 0.2) is 41.1 Å². The highest BCUT2D eigenvalue weighted by atomic mass is 35.5. The number of anilines is 1. The molecular weight excluding hydrogens is 300 g/mol. The minimum Gasteiger partial charge on any atom is -0.440 e. The number of rotatable bonds is 2. The first-order chi connectivity index (χ1) is 10.8. The average molecular weight is 315 g/mol. The van der Waals surface area contributed by atoms with Crippen molar-refractivity contribution in [1.29, 1.82) is 0 Å². The van der Waals surface area contributed by atoms with Crippen molar-refractivity contribution in [3.8, 4) is 0 Å². The van der Waals surface area contributed by atoms with Gasteiger partial charge in [-0.2, -0.15) is 0 Å². The van der Waals surface area contributed by atoms with Gasteiger partial charge >= 0.3 is 0 Å². The highest BCUT2D eigenvalue weighted by molar-refractivity contribution is 6.29. The highest BCUT2D eigenvalue weighted by Gasteiger charge is 2.26. The average Bonchev–Trinajstić information content (AvgIpc) is 2.99. The molecule has 1 aliphatic heterocycles. The standard InChI is InChI=1S/C16H15ClN4O/c17-14-8-18-9-15(20-14)21-7-3-4-11(10-21)16-19-12-5-1-2-6-13(12)22-16/h1-2,5-6,8-9,11H,3-4,7,10H2/t11-/m0/s1. The molecular formula is C16H15ClN4O. The molecule has 0 unspecified atom stereocenters. The third kappa shape index (κ3) is 2.52. The van der Waals surface area contributed by atoms with Crippen molar-refractivity contribution >= 4 is 28.5 Å². The number of fused-ring (bicyclic) bond motifs is 1. The lowest BCUT2D eigenvalue weighted by Crippen LogP contribution is -2.35. The summed E-state index contributed by atoms with van der Waals surface area (Å²) in [5.74, 6) is 1.89. The summed E-state index contributed by atoms with van der Waals surface area (Å²) in [7, 11) is 0. The number of oxazole rings is 1. The van der Waals surface area contributed by atoms with Gasteiger partial charge in [0.1, 0.15) is 16.5 Å². The fourth-order valence-corrected chi connectivity index (χ4v) is 3.08. The van der Waals surface area contributed by atoms with Crippen molar-refractivity contribution in [1.82, 2.24) is 15.0 Å². The van der Waals surface area contributed by atoms with E-state index in [0.29, 0.717) is 5.15 Å². The summed E-state index contributed by atoms with van der Waals surface area (Å²) in [4.78, 5) is 15.3. The van der Waals surface area contributed by atoms with Crippen LogP contribution < -0.4 is 4.90 Å². The minimum atomic E-state index is 0.266. The van der Waals surface area contributed by atoms with E-state index >= 15 is 0 Å². The summed E-state index contributed by atoms with van der Waals surface area (Å²) in [5.41, 5.74) is 1.76. The van der Waals surface area contributed by atoms with Crippen molar-refractivity contribution in [2.75, 3.05) is 18.0 Å². The lowest BCUT2D eigenvalue weighted by atomic mass is 9.98. The number of aromatic nitrogens is 3. The van der Waals surface area contributed by atoms with Gasteiger partial charge in [0, 0.05) is 13.1 Å². The first-order valence-corrected chi connectivity index (χ1v) is 7.75. The van der Waals surface area contributed by atoms with Crippen molar-refractivity contribution in [2.24, 2.45) is 0 Å². The molecule has 5 nitrogen and oxygen atoms in total. The fraction of sp³-hybridized carbons (Fsp3) is 0.312. The van der Waals surface area contributed by atoms with Crippen LogP contribution in [0.5, 0.6) is 0 Å². The quantitative estimate of drug-likeness (QED) is 0.722. The summed E-state index contributed by atoms with van der Waals surface area (Å²) in [6, 6.07) is 7.87. The van der Waals surface area contributed by atoms with E-state index in [1.54, 1.807) is 12.4 Å². The number of hydrogen-bond acceptors (Lipinski definition) is 5. The van der Waals surface area contributed by atoms with Crippen LogP contribution in [0, 0.1) is 0 Å². The smallest absolute Gasteiger partial charge is 0.200 e. The molecule has 1 saturated heterocycles. The summed E-state index contributed by atoms with van der Waals surface area (Å²) < 4.78 is 5.92. The predicted octanol–water partition coefficient (Wildman–Crippen LogP) is 3.66. The molecule has 0 saturated carbocycles. The van der Waals surface area contributed by atoms with Gasteiger partial charge in [0.15, 0.2) is 11.5 Å². The maximum atomic E-state index is 5.94. The molecule has 0 amide bonds. The van der Waals surface area contributed by atoms with Gasteiger partial charge in [0.25, 0.3) is 0 Å². The molecule has 0 aliphatic carbocycles. The molecule has 1 atom stereocenters.